The minimum absolute atomic E-state index is 0.00691. The molecule has 0 aromatic heterocycles. The molecule has 0 aliphatic heterocycles. The van der Waals surface area contributed by atoms with Crippen molar-refractivity contribution in [1.82, 2.24) is 10.6 Å². The van der Waals surface area contributed by atoms with E-state index < -0.39 is 17.5 Å². The topological polar surface area (TPSA) is 105 Å². The summed E-state index contributed by atoms with van der Waals surface area (Å²) in [5, 5.41) is 14.9. The van der Waals surface area contributed by atoms with E-state index in [-0.39, 0.29) is 42.9 Å². The summed E-state index contributed by atoms with van der Waals surface area (Å²) in [6.07, 6.45) is 2.14. The van der Waals surface area contributed by atoms with Crippen LogP contribution < -0.4 is 10.6 Å². The Morgan fingerprint density at radius 2 is 1.71 bits per heavy atom. The Morgan fingerprint density at radius 3 is 2.32 bits per heavy atom. The minimum atomic E-state index is -0.918. The molecule has 3 aliphatic rings. The van der Waals surface area contributed by atoms with E-state index in [2.05, 4.69) is 34.9 Å². The number of rotatable bonds is 8. The molecule has 34 heavy (non-hydrogen) atoms. The zero-order valence-corrected chi connectivity index (χ0v) is 19.3. The number of ether oxygens (including phenoxy) is 1. The number of carboxylic acids is 1. The molecule has 0 heterocycles. The molecule has 3 aliphatic carbocycles. The number of fused-ring (bicyclic) bond motifs is 4. The highest BCUT2D eigenvalue weighted by Crippen LogP contribution is 2.63. The zero-order valence-electron chi connectivity index (χ0n) is 19.3. The van der Waals surface area contributed by atoms with E-state index in [0.717, 1.165) is 12.8 Å². The first-order chi connectivity index (χ1) is 16.4. The standard InChI is InChI=1S/C27H30N2O5/c1-2-17(12-24(30)31)28-25(32)27-13-16(27)11-18(14-27)29-26(33)34-15-23-21-9-5-3-7-19(21)20-8-4-6-10-22(20)23/h3-10,16-18,23H,2,11-15H2,1H3,(H,28,32)(H,29,33)(H,30,31)/t16-,17-,18+,27+/m0/s1. The number of aliphatic carboxylic acids is 1. The number of carbonyl (C=O) groups is 3. The maximum atomic E-state index is 12.9. The van der Waals surface area contributed by atoms with Gasteiger partial charge in [-0.05, 0) is 53.9 Å². The van der Waals surface area contributed by atoms with E-state index in [4.69, 9.17) is 9.84 Å². The van der Waals surface area contributed by atoms with E-state index >= 15 is 0 Å². The van der Waals surface area contributed by atoms with Crippen LogP contribution in [0.25, 0.3) is 11.1 Å². The van der Waals surface area contributed by atoms with Gasteiger partial charge in [0.05, 0.1) is 11.8 Å². The highest BCUT2D eigenvalue weighted by atomic mass is 16.5. The number of nitrogens with one attached hydrogen (secondary N) is 2. The first-order valence-corrected chi connectivity index (χ1v) is 12.1. The molecule has 0 unspecified atom stereocenters. The second-order valence-electron chi connectivity index (χ2n) is 9.84. The number of amides is 2. The van der Waals surface area contributed by atoms with Gasteiger partial charge in [-0.3, -0.25) is 9.59 Å². The molecule has 0 bridgehead atoms. The molecule has 0 spiro atoms. The molecule has 3 N–H and O–H groups in total. The van der Waals surface area contributed by atoms with Gasteiger partial charge in [0.1, 0.15) is 6.61 Å². The first kappa shape index (κ1) is 22.4. The van der Waals surface area contributed by atoms with Gasteiger partial charge >= 0.3 is 12.1 Å². The molecule has 5 rings (SSSR count). The van der Waals surface area contributed by atoms with Crippen molar-refractivity contribution in [3.63, 3.8) is 0 Å². The largest absolute Gasteiger partial charge is 0.481 e. The van der Waals surface area contributed by atoms with Crippen LogP contribution in [-0.2, 0) is 14.3 Å². The molecule has 2 aromatic rings. The molecule has 7 nitrogen and oxygen atoms in total. The molecular weight excluding hydrogens is 432 g/mol. The molecule has 7 heteroatoms. The van der Waals surface area contributed by atoms with Crippen LogP contribution in [0, 0.1) is 11.3 Å². The van der Waals surface area contributed by atoms with E-state index in [0.29, 0.717) is 12.8 Å². The van der Waals surface area contributed by atoms with Crippen LogP contribution in [0.2, 0.25) is 0 Å². The van der Waals surface area contributed by atoms with Crippen molar-refractivity contribution < 1.29 is 24.2 Å². The summed E-state index contributed by atoms with van der Waals surface area (Å²) in [6.45, 7) is 2.13. The molecule has 2 saturated carbocycles. The highest BCUT2D eigenvalue weighted by molar-refractivity contribution is 5.87. The van der Waals surface area contributed by atoms with Gasteiger partial charge < -0.3 is 20.5 Å². The predicted molar refractivity (Wildman–Crippen MR) is 126 cm³/mol. The molecule has 2 fully saturated rings. The SMILES string of the molecule is CC[C@@H](CC(=O)O)NC(=O)[C@]12C[C@H](NC(=O)OCC3c4ccccc4-c4ccccc43)C[C@H]1C2. The van der Waals surface area contributed by atoms with Crippen LogP contribution in [0.1, 0.15) is 56.1 Å². The third-order valence-corrected chi connectivity index (χ3v) is 7.78. The predicted octanol–water partition coefficient (Wildman–Crippen LogP) is 4.06. The normalized spacial score (nSPS) is 25.0. The smallest absolute Gasteiger partial charge is 0.407 e. The Hall–Kier alpha value is -3.35. The summed E-state index contributed by atoms with van der Waals surface area (Å²) in [7, 11) is 0. The Morgan fingerprint density at radius 1 is 1.06 bits per heavy atom. The van der Waals surface area contributed by atoms with Gasteiger partial charge in [0.25, 0.3) is 0 Å². The lowest BCUT2D eigenvalue weighted by Crippen LogP contribution is -2.42. The molecule has 0 radical (unpaired) electrons. The van der Waals surface area contributed by atoms with Crippen LogP contribution in [0.3, 0.4) is 0 Å². The molecule has 2 amide bonds. The maximum absolute atomic E-state index is 12.9. The van der Waals surface area contributed by atoms with Crippen molar-refractivity contribution in [2.75, 3.05) is 6.61 Å². The number of hydrogen-bond donors (Lipinski definition) is 3. The Bertz CT molecular complexity index is 1090. The van der Waals surface area contributed by atoms with Gasteiger partial charge in [0.15, 0.2) is 0 Å². The number of alkyl carbamates (subject to hydrolysis) is 1. The van der Waals surface area contributed by atoms with Gasteiger partial charge in [-0.1, -0.05) is 55.5 Å². The lowest BCUT2D eigenvalue weighted by Gasteiger charge is -2.21. The molecule has 178 valence electrons. The van der Waals surface area contributed by atoms with E-state index in [1.165, 1.54) is 22.3 Å². The number of hydrogen-bond acceptors (Lipinski definition) is 4. The van der Waals surface area contributed by atoms with Crippen LogP contribution >= 0.6 is 0 Å². The van der Waals surface area contributed by atoms with Crippen LogP contribution in [0.4, 0.5) is 4.79 Å². The average Bonchev–Trinajstić information content (AvgIpc) is 3.25. The van der Waals surface area contributed by atoms with Gasteiger partial charge in [0.2, 0.25) is 5.91 Å². The molecular formula is C27H30N2O5. The summed E-state index contributed by atoms with van der Waals surface area (Å²) >= 11 is 0. The maximum Gasteiger partial charge on any atom is 0.407 e. The van der Waals surface area contributed by atoms with Crippen LogP contribution in [-0.4, -0.2) is 41.8 Å². The first-order valence-electron chi connectivity index (χ1n) is 12.1. The lowest BCUT2D eigenvalue weighted by molar-refractivity contribution is -0.138. The minimum Gasteiger partial charge on any atom is -0.481 e. The van der Waals surface area contributed by atoms with Gasteiger partial charge in [-0.2, -0.15) is 0 Å². The fourth-order valence-electron chi connectivity index (χ4n) is 5.93. The summed E-state index contributed by atoms with van der Waals surface area (Å²) < 4.78 is 5.65. The summed E-state index contributed by atoms with van der Waals surface area (Å²) in [4.78, 5) is 36.5. The van der Waals surface area contributed by atoms with Gasteiger partial charge in [-0.15, -0.1) is 0 Å². The molecule has 0 saturated heterocycles. The van der Waals surface area contributed by atoms with Crippen molar-refractivity contribution in [3.8, 4) is 11.1 Å². The van der Waals surface area contributed by atoms with E-state index in [1.807, 2.05) is 31.2 Å². The van der Waals surface area contributed by atoms with Crippen molar-refractivity contribution in [3.05, 3.63) is 59.7 Å². The zero-order chi connectivity index (χ0) is 23.9. The number of benzene rings is 2. The van der Waals surface area contributed by atoms with Gasteiger partial charge in [0, 0.05) is 18.0 Å². The molecule has 2 aromatic carbocycles. The van der Waals surface area contributed by atoms with Crippen LogP contribution in [0.15, 0.2) is 48.5 Å². The third kappa shape index (κ3) is 4.04. The third-order valence-electron chi connectivity index (χ3n) is 7.78. The summed E-state index contributed by atoms with van der Waals surface area (Å²) in [5.74, 6) is -0.762. The molecule has 4 atom stereocenters. The van der Waals surface area contributed by atoms with Gasteiger partial charge in [-0.25, -0.2) is 4.79 Å². The number of carbonyl (C=O) groups excluding carboxylic acids is 2. The lowest BCUT2D eigenvalue weighted by atomic mass is 9.98. The van der Waals surface area contributed by atoms with Crippen molar-refractivity contribution in [1.29, 1.82) is 0 Å². The fourth-order valence-corrected chi connectivity index (χ4v) is 5.93. The monoisotopic (exact) mass is 462 g/mol. The summed E-state index contributed by atoms with van der Waals surface area (Å²) in [5.41, 5.74) is 4.23. The average molecular weight is 463 g/mol. The second kappa shape index (κ2) is 8.78. The quantitative estimate of drug-likeness (QED) is 0.549. The van der Waals surface area contributed by atoms with Crippen LogP contribution in [0.5, 0.6) is 0 Å². The Kier molecular flexibility index (Phi) is 5.80. The van der Waals surface area contributed by atoms with Crippen molar-refractivity contribution in [2.24, 2.45) is 11.3 Å². The van der Waals surface area contributed by atoms with E-state index in [1.54, 1.807) is 0 Å². The highest BCUT2D eigenvalue weighted by Gasteiger charge is 2.65. The number of carboxylic acid groups (broad SMARTS) is 1. The Labute approximate surface area is 198 Å². The van der Waals surface area contributed by atoms with Crippen molar-refractivity contribution >= 4 is 18.0 Å². The second-order valence-corrected chi connectivity index (χ2v) is 9.84. The summed E-state index contributed by atoms with van der Waals surface area (Å²) in [6, 6.07) is 15.9. The Balaban J connectivity index is 1.16. The van der Waals surface area contributed by atoms with Crippen molar-refractivity contribution in [2.45, 2.75) is 57.0 Å². The fraction of sp³-hybridized carbons (Fsp3) is 0.444. The van der Waals surface area contributed by atoms with E-state index in [9.17, 15) is 14.4 Å².